The van der Waals surface area contributed by atoms with Crippen LogP contribution in [0.15, 0.2) is 29.3 Å². The van der Waals surface area contributed by atoms with Crippen LogP contribution in [-0.2, 0) is 21.2 Å². The fourth-order valence-electron chi connectivity index (χ4n) is 2.76. The van der Waals surface area contributed by atoms with E-state index < -0.39 is 10.0 Å². The lowest BCUT2D eigenvalue weighted by Crippen LogP contribution is -2.43. The van der Waals surface area contributed by atoms with Crippen molar-refractivity contribution < 1.29 is 13.2 Å². The normalized spacial score (nSPS) is 18.3. The van der Waals surface area contributed by atoms with Crippen molar-refractivity contribution in [1.82, 2.24) is 15.4 Å². The molecular weight excluding hydrogens is 388 g/mol. The topological polar surface area (TPSA) is 91.8 Å². The summed E-state index contributed by atoms with van der Waals surface area (Å²) in [4.78, 5) is 4.11. The van der Waals surface area contributed by atoms with Crippen LogP contribution in [0, 0.1) is 0 Å². The van der Waals surface area contributed by atoms with Gasteiger partial charge in [0.1, 0.15) is 0 Å². The second-order valence-corrected chi connectivity index (χ2v) is 8.82. The smallest absolute Gasteiger partial charge is 0.213 e. The van der Waals surface area contributed by atoms with Crippen LogP contribution in [-0.4, -0.2) is 59.5 Å². The molecule has 1 aliphatic heterocycles. The van der Waals surface area contributed by atoms with Gasteiger partial charge in [-0.25, -0.2) is 13.1 Å². The van der Waals surface area contributed by atoms with Gasteiger partial charge in [-0.2, -0.15) is 0 Å². The third-order valence-electron chi connectivity index (χ3n) is 4.31. The van der Waals surface area contributed by atoms with E-state index in [9.17, 15) is 8.42 Å². The number of nitrogens with one attached hydrogen (secondary N) is 3. The van der Waals surface area contributed by atoms with Gasteiger partial charge in [0.05, 0.1) is 11.9 Å². The molecule has 3 N–H and O–H groups in total. The number of halogens is 1. The summed E-state index contributed by atoms with van der Waals surface area (Å²) in [5, 5.41) is 6.92. The Kier molecular flexibility index (Phi) is 9.33. The molecule has 0 aliphatic carbocycles. The highest BCUT2D eigenvalue weighted by Crippen LogP contribution is 2.12. The highest BCUT2D eigenvalue weighted by Gasteiger charge is 2.17. The van der Waals surface area contributed by atoms with Crippen molar-refractivity contribution in [3.63, 3.8) is 0 Å². The Bertz CT molecular complexity index is 689. The number of aliphatic imine (C=N–C) groups is 1. The first kappa shape index (κ1) is 21.9. The molecule has 0 spiro atoms. The van der Waals surface area contributed by atoms with Crippen LogP contribution >= 0.6 is 11.6 Å². The summed E-state index contributed by atoms with van der Waals surface area (Å²) in [6, 6.07) is 7.68. The molecule has 1 aromatic carbocycles. The van der Waals surface area contributed by atoms with E-state index in [-0.39, 0.29) is 18.4 Å². The zero-order valence-electron chi connectivity index (χ0n) is 15.7. The number of nitrogens with zero attached hydrogens (tertiary/aromatic N) is 1. The Balaban J connectivity index is 1.63. The van der Waals surface area contributed by atoms with Gasteiger partial charge in [-0.1, -0.05) is 23.7 Å². The lowest BCUT2D eigenvalue weighted by atomic mass is 10.1. The monoisotopic (exact) mass is 416 g/mol. The summed E-state index contributed by atoms with van der Waals surface area (Å²) in [6.07, 6.45) is 3.86. The van der Waals surface area contributed by atoms with Gasteiger partial charge in [0.25, 0.3) is 0 Å². The summed E-state index contributed by atoms with van der Waals surface area (Å²) in [7, 11) is -1.68. The molecular formula is C18H29ClN4O3S. The molecule has 0 bridgehead atoms. The molecule has 1 saturated heterocycles. The van der Waals surface area contributed by atoms with Gasteiger partial charge in [-0.3, -0.25) is 4.99 Å². The minimum Gasteiger partial charge on any atom is -0.377 e. The maximum Gasteiger partial charge on any atom is 0.213 e. The highest BCUT2D eigenvalue weighted by molar-refractivity contribution is 7.89. The largest absolute Gasteiger partial charge is 0.377 e. The van der Waals surface area contributed by atoms with Gasteiger partial charge < -0.3 is 15.4 Å². The first-order valence-electron chi connectivity index (χ1n) is 9.26. The van der Waals surface area contributed by atoms with Crippen LogP contribution in [0.3, 0.4) is 0 Å². The number of rotatable bonds is 9. The SMILES string of the molecule is CN=C(NCCc1ccc(Cl)cc1)NCCS(=O)(=O)NCC1CCCCO1. The molecule has 152 valence electrons. The van der Waals surface area contributed by atoms with E-state index >= 15 is 0 Å². The van der Waals surface area contributed by atoms with Gasteiger partial charge in [0.15, 0.2) is 5.96 Å². The highest BCUT2D eigenvalue weighted by atomic mass is 35.5. The third kappa shape index (κ3) is 8.92. The fraction of sp³-hybridized carbons (Fsp3) is 0.611. The van der Waals surface area contributed by atoms with Crippen molar-refractivity contribution in [2.24, 2.45) is 4.99 Å². The average molecular weight is 417 g/mol. The van der Waals surface area contributed by atoms with Gasteiger partial charge in [-0.05, 0) is 43.4 Å². The summed E-state index contributed by atoms with van der Waals surface area (Å²) < 4.78 is 32.4. The van der Waals surface area contributed by atoms with Crippen molar-refractivity contribution in [3.05, 3.63) is 34.9 Å². The predicted octanol–water partition coefficient (Wildman–Crippen LogP) is 1.54. The first-order chi connectivity index (χ1) is 13.0. The lowest BCUT2D eigenvalue weighted by Gasteiger charge is -2.22. The molecule has 2 rings (SSSR count). The molecule has 1 fully saturated rings. The van der Waals surface area contributed by atoms with Crippen LogP contribution in [0.5, 0.6) is 0 Å². The van der Waals surface area contributed by atoms with E-state index in [1.807, 2.05) is 24.3 Å². The van der Waals surface area contributed by atoms with Gasteiger partial charge in [0, 0.05) is 38.3 Å². The molecule has 1 heterocycles. The quantitative estimate of drug-likeness (QED) is 0.419. The maximum atomic E-state index is 12.1. The zero-order valence-corrected chi connectivity index (χ0v) is 17.3. The van der Waals surface area contributed by atoms with Crippen LogP contribution in [0.1, 0.15) is 24.8 Å². The van der Waals surface area contributed by atoms with Crippen molar-refractivity contribution in [3.8, 4) is 0 Å². The standard InChI is InChI=1S/C18H29ClN4O3S/c1-20-18(21-10-9-15-5-7-16(19)8-6-15)22-11-13-27(24,25)23-14-17-4-2-3-12-26-17/h5-8,17,23H,2-4,9-14H2,1H3,(H2,20,21,22). The van der Waals surface area contributed by atoms with E-state index in [1.54, 1.807) is 7.05 Å². The van der Waals surface area contributed by atoms with E-state index in [0.717, 1.165) is 25.7 Å². The van der Waals surface area contributed by atoms with Crippen molar-refractivity contribution >= 4 is 27.6 Å². The molecule has 1 unspecified atom stereocenters. The van der Waals surface area contributed by atoms with Crippen molar-refractivity contribution in [2.75, 3.05) is 39.0 Å². The summed E-state index contributed by atoms with van der Waals surface area (Å²) in [5.41, 5.74) is 1.17. The molecule has 0 radical (unpaired) electrons. The number of ether oxygens (including phenoxy) is 1. The number of guanidine groups is 1. The molecule has 1 aromatic rings. The molecule has 0 saturated carbocycles. The number of sulfonamides is 1. The second kappa shape index (κ2) is 11.5. The van der Waals surface area contributed by atoms with Gasteiger partial charge in [0.2, 0.25) is 10.0 Å². The Labute approximate surface area is 167 Å². The molecule has 0 amide bonds. The zero-order chi connectivity index (χ0) is 19.5. The van der Waals surface area contributed by atoms with E-state index in [2.05, 4.69) is 20.3 Å². The van der Waals surface area contributed by atoms with Crippen LogP contribution in [0.2, 0.25) is 5.02 Å². The summed E-state index contributed by atoms with van der Waals surface area (Å²) in [5.74, 6) is 0.562. The third-order valence-corrected chi connectivity index (χ3v) is 5.91. The molecule has 1 atom stereocenters. The second-order valence-electron chi connectivity index (χ2n) is 6.46. The molecule has 1 aliphatic rings. The Morgan fingerprint density at radius 3 is 2.63 bits per heavy atom. The van der Waals surface area contributed by atoms with E-state index in [0.29, 0.717) is 30.7 Å². The molecule has 7 nitrogen and oxygen atoms in total. The number of hydrogen-bond donors (Lipinski definition) is 3. The van der Waals surface area contributed by atoms with Gasteiger partial charge in [-0.15, -0.1) is 0 Å². The van der Waals surface area contributed by atoms with Crippen LogP contribution in [0.25, 0.3) is 0 Å². The molecule has 9 heteroatoms. The predicted molar refractivity (Wildman–Crippen MR) is 110 cm³/mol. The Hall–Kier alpha value is -1.35. The maximum absolute atomic E-state index is 12.1. The summed E-state index contributed by atoms with van der Waals surface area (Å²) >= 11 is 5.87. The average Bonchev–Trinajstić information content (AvgIpc) is 2.67. The number of hydrogen-bond acceptors (Lipinski definition) is 4. The van der Waals surface area contributed by atoms with Crippen molar-refractivity contribution in [1.29, 1.82) is 0 Å². The Morgan fingerprint density at radius 1 is 1.22 bits per heavy atom. The van der Waals surface area contributed by atoms with Crippen molar-refractivity contribution in [2.45, 2.75) is 31.8 Å². The minimum absolute atomic E-state index is 0.0104. The lowest BCUT2D eigenvalue weighted by molar-refractivity contribution is 0.0200. The fourth-order valence-corrected chi connectivity index (χ4v) is 3.84. The summed E-state index contributed by atoms with van der Waals surface area (Å²) in [6.45, 7) is 2.02. The van der Waals surface area contributed by atoms with E-state index in [1.165, 1.54) is 5.56 Å². The molecule has 27 heavy (non-hydrogen) atoms. The van der Waals surface area contributed by atoms with Crippen LogP contribution in [0.4, 0.5) is 0 Å². The first-order valence-corrected chi connectivity index (χ1v) is 11.3. The Morgan fingerprint density at radius 2 is 1.96 bits per heavy atom. The minimum atomic E-state index is -3.34. The van der Waals surface area contributed by atoms with Crippen LogP contribution < -0.4 is 15.4 Å². The molecule has 0 aromatic heterocycles. The van der Waals surface area contributed by atoms with Gasteiger partial charge >= 0.3 is 0 Å². The van der Waals surface area contributed by atoms with E-state index in [4.69, 9.17) is 16.3 Å². The number of benzene rings is 1.